The van der Waals surface area contributed by atoms with Crippen LogP contribution < -0.4 is 21.6 Å². The zero-order valence-corrected chi connectivity index (χ0v) is 24.0. The van der Waals surface area contributed by atoms with Gasteiger partial charge in [-0.15, -0.1) is 16.9 Å². The molecule has 0 radical (unpaired) electrons. The van der Waals surface area contributed by atoms with E-state index in [1.165, 1.54) is 0 Å². The van der Waals surface area contributed by atoms with Crippen LogP contribution in [-0.4, -0.2) is 27.1 Å². The highest BCUT2D eigenvalue weighted by molar-refractivity contribution is 7.17. The van der Waals surface area contributed by atoms with Crippen LogP contribution in [0.15, 0.2) is 53.9 Å². The summed E-state index contributed by atoms with van der Waals surface area (Å²) in [5.41, 5.74) is 14.6. The minimum absolute atomic E-state index is 0.0260. The monoisotopic (exact) mass is 558 g/mol. The number of benzene rings is 2. The molecule has 4 N–H and O–H groups in total. The first kappa shape index (κ1) is 25.7. The fourth-order valence-corrected chi connectivity index (χ4v) is 5.89. The van der Waals surface area contributed by atoms with Crippen molar-refractivity contribution in [3.63, 3.8) is 0 Å². The van der Waals surface area contributed by atoms with Gasteiger partial charge in [0.25, 0.3) is 0 Å². The van der Waals surface area contributed by atoms with Gasteiger partial charge in [-0.1, -0.05) is 44.5 Å². The molecule has 1 fully saturated rings. The van der Waals surface area contributed by atoms with E-state index < -0.39 is 0 Å². The Labute approximate surface area is 237 Å². The lowest BCUT2D eigenvalue weighted by molar-refractivity contribution is 0.190. The van der Waals surface area contributed by atoms with Crippen LogP contribution in [0.2, 0.25) is 5.02 Å². The molecule has 0 saturated heterocycles. The van der Waals surface area contributed by atoms with Crippen molar-refractivity contribution in [3.8, 4) is 6.07 Å². The average Bonchev–Trinajstić information content (AvgIpc) is 3.29. The van der Waals surface area contributed by atoms with Gasteiger partial charge in [-0.25, -0.2) is 4.98 Å². The number of hydrogen-bond acceptors (Lipinski definition) is 9. The molecule has 1 saturated carbocycles. The van der Waals surface area contributed by atoms with Crippen LogP contribution in [0.25, 0.3) is 21.1 Å². The SMILES string of the molecule is CC(C)(C)CNc1c(C#N)cnc2c(Cl)cc(N[C@H](C3=CN(C4(C)CC4)NN3)c3cccc4ncsc34)cc12. The quantitative estimate of drug-likeness (QED) is 0.199. The number of nitrogens with one attached hydrogen (secondary N) is 4. The number of nitriles is 1. The number of fused-ring (bicyclic) bond motifs is 2. The third-order valence-electron chi connectivity index (χ3n) is 7.30. The molecule has 2 aliphatic rings. The Kier molecular flexibility index (Phi) is 6.29. The summed E-state index contributed by atoms with van der Waals surface area (Å²) >= 11 is 8.44. The summed E-state index contributed by atoms with van der Waals surface area (Å²) in [6.07, 6.45) is 6.03. The second kappa shape index (κ2) is 9.56. The molecule has 39 heavy (non-hydrogen) atoms. The Morgan fingerprint density at radius 3 is 2.82 bits per heavy atom. The maximum Gasteiger partial charge on any atom is 0.103 e. The summed E-state index contributed by atoms with van der Waals surface area (Å²) in [5.74, 6) is 0. The highest BCUT2D eigenvalue weighted by Gasteiger charge is 2.44. The molecule has 10 heteroatoms. The highest BCUT2D eigenvalue weighted by Crippen LogP contribution is 2.43. The average molecular weight is 559 g/mol. The van der Waals surface area contributed by atoms with Crippen molar-refractivity contribution in [2.45, 2.75) is 52.1 Å². The largest absolute Gasteiger partial charge is 0.383 e. The van der Waals surface area contributed by atoms with E-state index in [4.69, 9.17) is 11.6 Å². The molecule has 8 nitrogen and oxygen atoms in total. The second-order valence-electron chi connectivity index (χ2n) is 11.7. The maximum atomic E-state index is 9.85. The van der Waals surface area contributed by atoms with E-state index in [0.717, 1.165) is 51.1 Å². The van der Waals surface area contributed by atoms with Crippen LogP contribution in [-0.2, 0) is 0 Å². The summed E-state index contributed by atoms with van der Waals surface area (Å²) in [7, 11) is 0. The van der Waals surface area contributed by atoms with Crippen molar-refractivity contribution < 1.29 is 0 Å². The Bertz CT molecular complexity index is 1640. The highest BCUT2D eigenvalue weighted by atomic mass is 35.5. The summed E-state index contributed by atoms with van der Waals surface area (Å²) in [4.78, 5) is 9.06. The number of anilines is 2. The van der Waals surface area contributed by atoms with Crippen molar-refractivity contribution in [2.24, 2.45) is 5.41 Å². The first-order valence-corrected chi connectivity index (χ1v) is 14.3. The second-order valence-corrected chi connectivity index (χ2v) is 13.0. The predicted molar refractivity (Wildman–Crippen MR) is 159 cm³/mol. The Hall–Kier alpha value is -3.58. The van der Waals surface area contributed by atoms with Gasteiger partial charge in [0.05, 0.1) is 54.8 Å². The van der Waals surface area contributed by atoms with Crippen LogP contribution in [0, 0.1) is 16.7 Å². The predicted octanol–water partition coefficient (Wildman–Crippen LogP) is 6.70. The van der Waals surface area contributed by atoms with Crippen molar-refractivity contribution in [3.05, 3.63) is 70.1 Å². The lowest BCUT2D eigenvalue weighted by Crippen LogP contribution is -2.43. The van der Waals surface area contributed by atoms with E-state index in [-0.39, 0.29) is 17.0 Å². The fourth-order valence-electron chi connectivity index (χ4n) is 4.78. The van der Waals surface area contributed by atoms with E-state index in [2.05, 4.69) is 82.6 Å². The number of nitrogens with zero attached hydrogens (tertiary/aromatic N) is 4. The van der Waals surface area contributed by atoms with Crippen LogP contribution in [0.3, 0.4) is 0 Å². The molecule has 3 heterocycles. The first-order valence-electron chi connectivity index (χ1n) is 13.0. The minimum atomic E-state index is -0.208. The molecule has 6 rings (SSSR count). The number of halogens is 1. The van der Waals surface area contributed by atoms with E-state index in [9.17, 15) is 5.26 Å². The van der Waals surface area contributed by atoms with Crippen LogP contribution in [0.1, 0.15) is 57.7 Å². The van der Waals surface area contributed by atoms with Gasteiger partial charge in [-0.3, -0.25) is 9.99 Å². The Balaban J connectivity index is 1.45. The number of thiazole rings is 1. The van der Waals surface area contributed by atoms with Crippen LogP contribution >= 0.6 is 22.9 Å². The summed E-state index contributed by atoms with van der Waals surface area (Å²) in [6, 6.07) is 12.2. The normalized spacial score (nSPS) is 17.0. The van der Waals surface area contributed by atoms with Gasteiger partial charge in [0, 0.05) is 30.0 Å². The van der Waals surface area contributed by atoms with Crippen molar-refractivity contribution >= 4 is 55.4 Å². The van der Waals surface area contributed by atoms with Gasteiger partial charge in [0.15, 0.2) is 0 Å². The molecule has 0 amide bonds. The van der Waals surface area contributed by atoms with E-state index in [0.29, 0.717) is 22.6 Å². The third kappa shape index (κ3) is 4.96. The van der Waals surface area contributed by atoms with Gasteiger partial charge >= 0.3 is 0 Å². The molecule has 1 aliphatic heterocycles. The zero-order chi connectivity index (χ0) is 27.4. The van der Waals surface area contributed by atoms with E-state index in [1.54, 1.807) is 17.5 Å². The summed E-state index contributed by atoms with van der Waals surface area (Å²) in [6.45, 7) is 9.41. The lowest BCUT2D eigenvalue weighted by Gasteiger charge is -2.24. The van der Waals surface area contributed by atoms with Gasteiger partial charge in [-0.05, 0) is 48.9 Å². The van der Waals surface area contributed by atoms with Gasteiger partial charge in [-0.2, -0.15) is 5.26 Å². The number of hydrogen-bond donors (Lipinski definition) is 4. The molecule has 0 bridgehead atoms. The third-order valence-corrected chi connectivity index (χ3v) is 8.48. The van der Waals surface area contributed by atoms with Crippen LogP contribution in [0.4, 0.5) is 11.4 Å². The summed E-state index contributed by atoms with van der Waals surface area (Å²) < 4.78 is 1.13. The molecule has 1 aliphatic carbocycles. The van der Waals surface area contributed by atoms with Crippen molar-refractivity contribution in [1.29, 1.82) is 5.26 Å². The number of aromatic nitrogens is 2. The molecule has 4 aromatic rings. The molecular formula is C29H31ClN8S. The van der Waals surface area contributed by atoms with Gasteiger partial charge in [0.1, 0.15) is 6.07 Å². The van der Waals surface area contributed by atoms with Crippen molar-refractivity contribution in [1.82, 2.24) is 25.9 Å². The number of rotatable bonds is 7. The minimum Gasteiger partial charge on any atom is -0.383 e. The maximum absolute atomic E-state index is 9.85. The molecular weight excluding hydrogens is 528 g/mol. The van der Waals surface area contributed by atoms with Crippen molar-refractivity contribution in [2.75, 3.05) is 17.2 Å². The van der Waals surface area contributed by atoms with E-state index >= 15 is 0 Å². The fraction of sp³-hybridized carbons (Fsp3) is 0.345. The molecule has 2 aromatic carbocycles. The topological polar surface area (TPSA) is 101 Å². The molecule has 2 aromatic heterocycles. The number of hydrazine groups is 2. The summed E-state index contributed by atoms with van der Waals surface area (Å²) in [5, 5.41) is 20.6. The zero-order valence-electron chi connectivity index (χ0n) is 22.4. The number of pyridine rings is 1. The van der Waals surface area contributed by atoms with E-state index in [1.807, 2.05) is 29.8 Å². The first-order chi connectivity index (χ1) is 18.6. The van der Waals surface area contributed by atoms with Gasteiger partial charge < -0.3 is 16.1 Å². The Morgan fingerprint density at radius 1 is 1.26 bits per heavy atom. The molecule has 200 valence electrons. The molecule has 0 spiro atoms. The smallest absolute Gasteiger partial charge is 0.103 e. The lowest BCUT2D eigenvalue weighted by atomic mass is 9.96. The Morgan fingerprint density at radius 2 is 2.08 bits per heavy atom. The molecule has 1 atom stereocenters. The molecule has 0 unspecified atom stereocenters. The van der Waals surface area contributed by atoms with Gasteiger partial charge in [0.2, 0.25) is 0 Å². The standard InChI is InChI=1S/C29H31ClN8S/c1-28(2,3)15-33-24-17(12-31)13-32-25-20(24)10-18(11-21(25)30)35-26(19-6-5-7-22-27(19)39-16-34-22)23-14-38(37-36-23)29(4)8-9-29/h5-7,10-11,13-14,16,26,35-37H,8-9,15H2,1-4H3,(H,32,33)/t26-/m0/s1. The van der Waals surface area contributed by atoms with Crippen LogP contribution in [0.5, 0.6) is 0 Å².